The molecule has 0 aliphatic rings. The Morgan fingerprint density at radius 3 is 2.52 bits per heavy atom. The second-order valence-corrected chi connectivity index (χ2v) is 6.03. The van der Waals surface area contributed by atoms with Crippen LogP contribution in [0.4, 0.5) is 4.39 Å². The number of ether oxygens (including phenoxy) is 1. The first-order valence-corrected chi connectivity index (χ1v) is 8.70. The van der Waals surface area contributed by atoms with Crippen molar-refractivity contribution in [3.05, 3.63) is 60.2 Å². The zero-order chi connectivity index (χ0) is 17.8. The number of nitrogens with zero attached hydrogens (tertiary/aromatic N) is 2. The van der Waals surface area contributed by atoms with Crippen LogP contribution < -0.4 is 9.30 Å². The summed E-state index contributed by atoms with van der Waals surface area (Å²) in [5, 5.41) is 10.5. The number of imidazole rings is 1. The van der Waals surface area contributed by atoms with E-state index in [9.17, 15) is 9.50 Å². The van der Waals surface area contributed by atoms with Crippen LogP contribution in [0.1, 0.15) is 19.7 Å². The lowest BCUT2D eigenvalue weighted by Gasteiger charge is -2.12. The quantitative estimate of drug-likeness (QED) is 0.670. The Bertz CT molecular complexity index is 843. The number of hydrogen-bond acceptors (Lipinski definition) is 2. The third-order valence-electron chi connectivity index (χ3n) is 4.37. The first-order chi connectivity index (χ1) is 12.1. The number of aryl methyl sites for hydroxylation is 1. The Morgan fingerprint density at radius 2 is 1.84 bits per heavy atom. The predicted molar refractivity (Wildman–Crippen MR) is 95.1 cm³/mol. The lowest BCUT2D eigenvalue weighted by Crippen LogP contribution is -2.44. The summed E-state index contributed by atoms with van der Waals surface area (Å²) in [4.78, 5) is 0. The second-order valence-electron chi connectivity index (χ2n) is 6.03. The minimum Gasteiger partial charge on any atom is -0.491 e. The van der Waals surface area contributed by atoms with Gasteiger partial charge in [-0.15, -0.1) is 0 Å². The van der Waals surface area contributed by atoms with Gasteiger partial charge in [0, 0.05) is 6.42 Å². The van der Waals surface area contributed by atoms with E-state index in [2.05, 4.69) is 35.1 Å². The van der Waals surface area contributed by atoms with Gasteiger partial charge in [0.15, 0.2) is 11.0 Å². The summed E-state index contributed by atoms with van der Waals surface area (Å²) in [5.74, 6) is 1.44. The molecular weight excluding hydrogens is 319 g/mol. The van der Waals surface area contributed by atoms with Crippen LogP contribution in [0, 0.1) is 5.82 Å². The Balaban J connectivity index is 1.78. The van der Waals surface area contributed by atoms with E-state index in [1.54, 1.807) is 12.1 Å². The molecule has 2 aromatic carbocycles. The molecule has 0 radical (unpaired) electrons. The molecule has 0 bridgehead atoms. The summed E-state index contributed by atoms with van der Waals surface area (Å²) in [6.07, 6.45) is 0.227. The summed E-state index contributed by atoms with van der Waals surface area (Å²) in [5.41, 5.74) is 2.29. The van der Waals surface area contributed by atoms with Crippen LogP contribution in [-0.4, -0.2) is 22.4 Å². The van der Waals surface area contributed by atoms with Gasteiger partial charge in [0.05, 0.1) is 6.54 Å². The Kier molecular flexibility index (Phi) is 5.34. The molecule has 0 saturated carbocycles. The standard InChI is InChI=1S/C20H24FN2O2/c1-3-20-22(4-2)18-7-5-6-8-19(18)23(20)13-16(24)14-25-17-11-9-15(21)10-12-17/h5-12,16,24H,3-4,13-14H2,1-2H3/q+1/t16-/m1/s1. The summed E-state index contributed by atoms with van der Waals surface area (Å²) < 4.78 is 23.0. The zero-order valence-corrected chi connectivity index (χ0v) is 14.7. The molecule has 0 unspecified atom stereocenters. The fourth-order valence-corrected chi connectivity index (χ4v) is 3.27. The van der Waals surface area contributed by atoms with E-state index in [4.69, 9.17) is 4.74 Å². The number of benzene rings is 2. The molecule has 0 amide bonds. The summed E-state index contributed by atoms with van der Waals surface area (Å²) >= 11 is 0. The van der Waals surface area contributed by atoms with Crippen molar-refractivity contribution in [2.75, 3.05) is 6.61 Å². The third kappa shape index (κ3) is 3.66. The van der Waals surface area contributed by atoms with Crippen molar-refractivity contribution in [1.82, 2.24) is 4.57 Å². The zero-order valence-electron chi connectivity index (χ0n) is 14.7. The molecule has 132 valence electrons. The first-order valence-electron chi connectivity index (χ1n) is 8.70. The highest BCUT2D eigenvalue weighted by Gasteiger charge is 2.24. The van der Waals surface area contributed by atoms with E-state index in [1.807, 2.05) is 12.1 Å². The number of aromatic nitrogens is 2. The van der Waals surface area contributed by atoms with Crippen LogP contribution in [0.5, 0.6) is 5.75 Å². The lowest BCUT2D eigenvalue weighted by atomic mass is 10.3. The van der Waals surface area contributed by atoms with Crippen molar-refractivity contribution in [3.63, 3.8) is 0 Å². The largest absolute Gasteiger partial charge is 0.491 e. The molecule has 4 nitrogen and oxygen atoms in total. The SMILES string of the molecule is CCc1n(CC)c2ccccc2[n+]1C[C@@H](O)COc1ccc(F)cc1. The van der Waals surface area contributed by atoms with Crippen LogP contribution in [0.25, 0.3) is 11.0 Å². The van der Waals surface area contributed by atoms with Gasteiger partial charge in [0.1, 0.15) is 30.8 Å². The predicted octanol–water partition coefficient (Wildman–Crippen LogP) is 3.09. The summed E-state index contributed by atoms with van der Waals surface area (Å²) in [6, 6.07) is 14.1. The van der Waals surface area contributed by atoms with E-state index in [0.717, 1.165) is 18.5 Å². The van der Waals surface area contributed by atoms with Crippen LogP contribution in [0.2, 0.25) is 0 Å². The monoisotopic (exact) mass is 343 g/mol. The average Bonchev–Trinajstić information content (AvgIpc) is 2.94. The summed E-state index contributed by atoms with van der Waals surface area (Å²) in [6.45, 7) is 5.76. The lowest BCUT2D eigenvalue weighted by molar-refractivity contribution is -0.686. The number of para-hydroxylation sites is 2. The number of rotatable bonds is 7. The number of hydrogen-bond donors (Lipinski definition) is 1. The first kappa shape index (κ1) is 17.4. The molecule has 1 N–H and O–H groups in total. The maximum absolute atomic E-state index is 12.9. The molecular formula is C20H24FN2O2+. The van der Waals surface area contributed by atoms with Crippen LogP contribution in [-0.2, 0) is 19.5 Å². The second kappa shape index (κ2) is 7.66. The highest BCUT2D eigenvalue weighted by Crippen LogP contribution is 2.16. The third-order valence-corrected chi connectivity index (χ3v) is 4.37. The topological polar surface area (TPSA) is 38.3 Å². The number of aliphatic hydroxyl groups excluding tert-OH is 1. The van der Waals surface area contributed by atoms with Crippen molar-refractivity contribution in [2.45, 2.75) is 39.5 Å². The number of fused-ring (bicyclic) bond motifs is 1. The molecule has 0 spiro atoms. The normalized spacial score (nSPS) is 12.5. The molecule has 1 aromatic heterocycles. The van der Waals surface area contributed by atoms with Crippen molar-refractivity contribution < 1.29 is 18.8 Å². The fraction of sp³-hybridized carbons (Fsp3) is 0.350. The van der Waals surface area contributed by atoms with Gasteiger partial charge in [-0.25, -0.2) is 13.5 Å². The van der Waals surface area contributed by atoms with Gasteiger partial charge in [-0.2, -0.15) is 0 Å². The Morgan fingerprint density at radius 1 is 1.12 bits per heavy atom. The van der Waals surface area contributed by atoms with Crippen LogP contribution in [0.3, 0.4) is 0 Å². The van der Waals surface area contributed by atoms with E-state index in [0.29, 0.717) is 12.3 Å². The molecule has 0 fully saturated rings. The number of aliphatic hydroxyl groups is 1. The van der Waals surface area contributed by atoms with Gasteiger partial charge in [0.2, 0.25) is 0 Å². The van der Waals surface area contributed by atoms with E-state index in [-0.39, 0.29) is 12.4 Å². The highest BCUT2D eigenvalue weighted by atomic mass is 19.1. The van der Waals surface area contributed by atoms with Gasteiger partial charge in [-0.1, -0.05) is 19.1 Å². The fourth-order valence-electron chi connectivity index (χ4n) is 3.27. The van der Waals surface area contributed by atoms with Gasteiger partial charge in [0.25, 0.3) is 5.82 Å². The molecule has 0 saturated heterocycles. The van der Waals surface area contributed by atoms with Crippen molar-refractivity contribution >= 4 is 11.0 Å². The number of halogens is 1. The van der Waals surface area contributed by atoms with E-state index in [1.165, 1.54) is 23.5 Å². The minimum absolute atomic E-state index is 0.160. The maximum Gasteiger partial charge on any atom is 0.257 e. The van der Waals surface area contributed by atoms with Gasteiger partial charge < -0.3 is 9.84 Å². The summed E-state index contributed by atoms with van der Waals surface area (Å²) in [7, 11) is 0. The molecule has 1 heterocycles. The molecule has 3 rings (SSSR count). The Labute approximate surface area is 147 Å². The van der Waals surface area contributed by atoms with Gasteiger partial charge in [-0.3, -0.25) is 0 Å². The maximum atomic E-state index is 12.9. The van der Waals surface area contributed by atoms with E-state index < -0.39 is 6.10 Å². The molecule has 25 heavy (non-hydrogen) atoms. The molecule has 5 heteroatoms. The minimum atomic E-state index is -0.656. The van der Waals surface area contributed by atoms with Crippen molar-refractivity contribution in [2.24, 2.45) is 0 Å². The molecule has 1 atom stereocenters. The van der Waals surface area contributed by atoms with E-state index >= 15 is 0 Å². The van der Waals surface area contributed by atoms with Crippen molar-refractivity contribution in [1.29, 1.82) is 0 Å². The molecule has 3 aromatic rings. The van der Waals surface area contributed by atoms with Gasteiger partial charge in [-0.05, 0) is 43.3 Å². The average molecular weight is 343 g/mol. The molecule has 0 aliphatic heterocycles. The highest BCUT2D eigenvalue weighted by molar-refractivity contribution is 5.72. The Hall–Kier alpha value is -2.40. The molecule has 0 aliphatic carbocycles. The van der Waals surface area contributed by atoms with Crippen LogP contribution >= 0.6 is 0 Å². The van der Waals surface area contributed by atoms with Crippen molar-refractivity contribution in [3.8, 4) is 5.75 Å². The van der Waals surface area contributed by atoms with Gasteiger partial charge >= 0.3 is 0 Å². The van der Waals surface area contributed by atoms with Crippen LogP contribution in [0.15, 0.2) is 48.5 Å². The smallest absolute Gasteiger partial charge is 0.257 e.